The highest BCUT2D eigenvalue weighted by Crippen LogP contribution is 2.15. The highest BCUT2D eigenvalue weighted by Gasteiger charge is 2.20. The van der Waals surface area contributed by atoms with E-state index in [-0.39, 0.29) is 5.91 Å². The number of benzene rings is 2. The van der Waals surface area contributed by atoms with Crippen molar-refractivity contribution < 1.29 is 4.79 Å². The monoisotopic (exact) mass is 363 g/mol. The third-order valence-electron chi connectivity index (χ3n) is 5.03. The maximum absolute atomic E-state index is 12.5. The standard InChI is InChI=1S/C23H29N3O/c1-2-21-12-6-7-13-22(21)24-19-23(27)26-17-15-25(16-18-26)14-8-11-20-9-4-3-5-10-20/h3-13,24H,2,14-19H2,1H3/b11-8+. The largest absolute Gasteiger partial charge is 0.376 e. The van der Waals surface area contributed by atoms with Crippen LogP contribution in [0.25, 0.3) is 6.08 Å². The number of rotatable bonds is 7. The molecule has 142 valence electrons. The third-order valence-corrected chi connectivity index (χ3v) is 5.03. The maximum Gasteiger partial charge on any atom is 0.241 e. The molecule has 1 saturated heterocycles. The van der Waals surface area contributed by atoms with Gasteiger partial charge in [-0.05, 0) is 23.6 Å². The van der Waals surface area contributed by atoms with E-state index in [2.05, 4.69) is 59.6 Å². The number of carbonyl (C=O) groups is 1. The fourth-order valence-corrected chi connectivity index (χ4v) is 3.37. The highest BCUT2D eigenvalue weighted by atomic mass is 16.2. The quantitative estimate of drug-likeness (QED) is 0.818. The summed E-state index contributed by atoms with van der Waals surface area (Å²) < 4.78 is 0. The van der Waals surface area contributed by atoms with Crippen molar-refractivity contribution in [3.8, 4) is 0 Å². The number of nitrogens with zero attached hydrogens (tertiary/aromatic N) is 2. The minimum Gasteiger partial charge on any atom is -0.376 e. The molecule has 4 heteroatoms. The molecule has 1 aliphatic heterocycles. The zero-order valence-corrected chi connectivity index (χ0v) is 16.1. The summed E-state index contributed by atoms with van der Waals surface area (Å²) in [6, 6.07) is 18.5. The number of hydrogen-bond donors (Lipinski definition) is 1. The number of hydrogen-bond acceptors (Lipinski definition) is 3. The first kappa shape index (κ1) is 19.2. The van der Waals surface area contributed by atoms with Crippen LogP contribution in [0.15, 0.2) is 60.7 Å². The molecule has 0 atom stereocenters. The van der Waals surface area contributed by atoms with Gasteiger partial charge in [-0.1, -0.05) is 67.6 Å². The molecule has 0 radical (unpaired) electrons. The molecule has 2 aromatic rings. The van der Waals surface area contributed by atoms with E-state index in [4.69, 9.17) is 0 Å². The zero-order chi connectivity index (χ0) is 18.9. The summed E-state index contributed by atoms with van der Waals surface area (Å²) in [6.07, 6.45) is 5.33. The Morgan fingerprint density at radius 2 is 1.70 bits per heavy atom. The van der Waals surface area contributed by atoms with Crippen molar-refractivity contribution in [2.75, 3.05) is 44.6 Å². The molecule has 0 aliphatic carbocycles. The minimum atomic E-state index is 0.181. The van der Waals surface area contributed by atoms with E-state index >= 15 is 0 Å². The summed E-state index contributed by atoms with van der Waals surface area (Å²) in [5.74, 6) is 0.181. The molecule has 0 saturated carbocycles. The number of nitrogens with one attached hydrogen (secondary N) is 1. The molecule has 1 heterocycles. The first-order chi connectivity index (χ1) is 13.3. The van der Waals surface area contributed by atoms with Crippen LogP contribution in [0, 0.1) is 0 Å². The summed E-state index contributed by atoms with van der Waals surface area (Å²) in [5.41, 5.74) is 3.54. The van der Waals surface area contributed by atoms with E-state index in [0.29, 0.717) is 6.54 Å². The van der Waals surface area contributed by atoms with Crippen LogP contribution in [0.1, 0.15) is 18.1 Å². The number of para-hydroxylation sites is 1. The smallest absolute Gasteiger partial charge is 0.241 e. The SMILES string of the molecule is CCc1ccccc1NCC(=O)N1CCN(C/C=C/c2ccccc2)CC1. The van der Waals surface area contributed by atoms with Crippen molar-refractivity contribution in [1.29, 1.82) is 0 Å². The van der Waals surface area contributed by atoms with Crippen LogP contribution in [-0.4, -0.2) is 55.0 Å². The van der Waals surface area contributed by atoms with Gasteiger partial charge in [0.2, 0.25) is 5.91 Å². The topological polar surface area (TPSA) is 35.6 Å². The van der Waals surface area contributed by atoms with Crippen molar-refractivity contribution in [1.82, 2.24) is 9.80 Å². The van der Waals surface area contributed by atoms with Crippen molar-refractivity contribution in [2.24, 2.45) is 0 Å². The predicted molar refractivity (Wildman–Crippen MR) is 113 cm³/mol. The molecule has 2 aromatic carbocycles. The average molecular weight is 364 g/mol. The zero-order valence-electron chi connectivity index (χ0n) is 16.1. The lowest BCUT2D eigenvalue weighted by molar-refractivity contribution is -0.130. The molecule has 3 rings (SSSR count). The van der Waals surface area contributed by atoms with E-state index in [1.54, 1.807) is 0 Å². The fraction of sp³-hybridized carbons (Fsp3) is 0.348. The predicted octanol–water partition coefficient (Wildman–Crippen LogP) is 3.52. The van der Waals surface area contributed by atoms with Gasteiger partial charge in [0.25, 0.3) is 0 Å². The minimum absolute atomic E-state index is 0.181. The number of anilines is 1. The summed E-state index contributed by atoms with van der Waals surface area (Å²) in [6.45, 7) is 6.88. The summed E-state index contributed by atoms with van der Waals surface area (Å²) >= 11 is 0. The molecule has 0 bridgehead atoms. The normalized spacial score (nSPS) is 15.2. The van der Waals surface area contributed by atoms with E-state index in [1.807, 2.05) is 29.2 Å². The molecule has 1 N–H and O–H groups in total. The summed E-state index contributed by atoms with van der Waals surface area (Å²) in [7, 11) is 0. The highest BCUT2D eigenvalue weighted by molar-refractivity contribution is 5.81. The molecule has 1 aliphatic rings. The Balaban J connectivity index is 1.40. The molecule has 0 spiro atoms. The summed E-state index contributed by atoms with van der Waals surface area (Å²) in [4.78, 5) is 16.9. The second-order valence-corrected chi connectivity index (χ2v) is 6.86. The Morgan fingerprint density at radius 3 is 2.44 bits per heavy atom. The average Bonchev–Trinajstić information content (AvgIpc) is 2.73. The second kappa shape index (κ2) is 9.93. The Kier molecular flexibility index (Phi) is 7.05. The van der Waals surface area contributed by atoms with Gasteiger partial charge in [0, 0.05) is 38.4 Å². The van der Waals surface area contributed by atoms with Crippen LogP contribution < -0.4 is 5.32 Å². The van der Waals surface area contributed by atoms with Crippen LogP contribution >= 0.6 is 0 Å². The van der Waals surface area contributed by atoms with Crippen LogP contribution in [0.3, 0.4) is 0 Å². The first-order valence-electron chi connectivity index (χ1n) is 9.79. The third kappa shape index (κ3) is 5.69. The van der Waals surface area contributed by atoms with Gasteiger partial charge in [-0.15, -0.1) is 0 Å². The van der Waals surface area contributed by atoms with E-state index in [0.717, 1.165) is 44.8 Å². The Morgan fingerprint density at radius 1 is 1.00 bits per heavy atom. The van der Waals surface area contributed by atoms with E-state index in [9.17, 15) is 4.79 Å². The van der Waals surface area contributed by atoms with Gasteiger partial charge in [-0.25, -0.2) is 0 Å². The van der Waals surface area contributed by atoms with E-state index < -0.39 is 0 Å². The van der Waals surface area contributed by atoms with Gasteiger partial charge in [-0.2, -0.15) is 0 Å². The van der Waals surface area contributed by atoms with Crippen LogP contribution in [0.2, 0.25) is 0 Å². The van der Waals surface area contributed by atoms with Gasteiger partial charge in [0.1, 0.15) is 0 Å². The summed E-state index contributed by atoms with van der Waals surface area (Å²) in [5, 5.41) is 3.31. The number of piperazine rings is 1. The van der Waals surface area contributed by atoms with E-state index in [1.165, 1.54) is 11.1 Å². The second-order valence-electron chi connectivity index (χ2n) is 6.86. The molecule has 0 aromatic heterocycles. The fourth-order valence-electron chi connectivity index (χ4n) is 3.37. The molecular weight excluding hydrogens is 334 g/mol. The van der Waals surface area contributed by atoms with Gasteiger partial charge >= 0.3 is 0 Å². The number of carbonyl (C=O) groups excluding carboxylic acids is 1. The van der Waals surface area contributed by atoms with Gasteiger partial charge in [-0.3, -0.25) is 9.69 Å². The molecule has 0 unspecified atom stereocenters. The number of amides is 1. The maximum atomic E-state index is 12.5. The lowest BCUT2D eigenvalue weighted by Gasteiger charge is -2.34. The molecule has 1 fully saturated rings. The lowest BCUT2D eigenvalue weighted by atomic mass is 10.1. The molecule has 4 nitrogen and oxygen atoms in total. The van der Waals surface area contributed by atoms with Crippen LogP contribution in [-0.2, 0) is 11.2 Å². The van der Waals surface area contributed by atoms with Gasteiger partial charge in [0.05, 0.1) is 6.54 Å². The van der Waals surface area contributed by atoms with Crippen molar-refractivity contribution in [3.63, 3.8) is 0 Å². The van der Waals surface area contributed by atoms with Crippen molar-refractivity contribution in [3.05, 3.63) is 71.8 Å². The van der Waals surface area contributed by atoms with Crippen LogP contribution in [0.4, 0.5) is 5.69 Å². The number of aryl methyl sites for hydroxylation is 1. The van der Waals surface area contributed by atoms with Gasteiger partial charge < -0.3 is 10.2 Å². The Labute approximate surface area is 162 Å². The Bertz CT molecular complexity index is 749. The molecule has 27 heavy (non-hydrogen) atoms. The van der Waals surface area contributed by atoms with Crippen LogP contribution in [0.5, 0.6) is 0 Å². The molecular formula is C23H29N3O. The van der Waals surface area contributed by atoms with Gasteiger partial charge in [0.15, 0.2) is 0 Å². The van der Waals surface area contributed by atoms with Crippen molar-refractivity contribution in [2.45, 2.75) is 13.3 Å². The first-order valence-corrected chi connectivity index (χ1v) is 9.79. The Hall–Kier alpha value is -2.59. The lowest BCUT2D eigenvalue weighted by Crippen LogP contribution is -2.50. The molecule has 1 amide bonds. The van der Waals surface area contributed by atoms with Crippen molar-refractivity contribution >= 4 is 17.7 Å².